The molecule has 4 aromatic carbocycles. The fourth-order valence-corrected chi connectivity index (χ4v) is 5.65. The highest BCUT2D eigenvalue weighted by molar-refractivity contribution is 5.82. The van der Waals surface area contributed by atoms with Crippen molar-refractivity contribution in [2.75, 3.05) is 0 Å². The van der Waals surface area contributed by atoms with Gasteiger partial charge in [-0.1, -0.05) is 75.3 Å². The van der Waals surface area contributed by atoms with Gasteiger partial charge in [-0.05, 0) is 52.9 Å². The molecule has 0 heterocycles. The molecule has 0 unspecified atom stereocenters. The van der Waals surface area contributed by atoms with Gasteiger partial charge in [0.15, 0.2) is 46.5 Å². The Balaban J connectivity index is 1.58. The highest BCUT2D eigenvalue weighted by atomic mass is 19.2. The molecule has 0 saturated carbocycles. The molecule has 0 saturated heterocycles. The van der Waals surface area contributed by atoms with Crippen molar-refractivity contribution in [3.05, 3.63) is 128 Å². The Kier molecular flexibility index (Phi) is 8.95. The molecule has 0 bridgehead atoms. The third-order valence-electron chi connectivity index (χ3n) is 8.13. The molecular formula is C36H22F10. The molecule has 1 aliphatic carbocycles. The van der Waals surface area contributed by atoms with Crippen LogP contribution in [0.4, 0.5) is 43.9 Å². The first-order chi connectivity index (χ1) is 21.8. The highest BCUT2D eigenvalue weighted by Gasteiger charge is 2.39. The Labute approximate surface area is 258 Å². The van der Waals surface area contributed by atoms with Gasteiger partial charge < -0.3 is 0 Å². The summed E-state index contributed by atoms with van der Waals surface area (Å²) in [6.45, 7) is 3.99. The smallest absolute Gasteiger partial charge is 0.200 e. The van der Waals surface area contributed by atoms with Crippen LogP contribution in [-0.4, -0.2) is 0 Å². The zero-order valence-electron chi connectivity index (χ0n) is 24.3. The standard InChI is InChI=1S/C36H22F10/c1-3-4-5-6-15-36(2)24-16-18(9-13-22-26(37)30(41)34(45)31(42)27(22)38)7-11-20(24)21-12-8-19(17-25(21)36)10-14-23-28(39)32(43)35(46)33(44)29(23)40/h7-8,11-12,16-17H,3-6,15H2,1-2H3. The minimum absolute atomic E-state index is 0.238. The summed E-state index contributed by atoms with van der Waals surface area (Å²) in [5.74, 6) is -12.1. The summed E-state index contributed by atoms with van der Waals surface area (Å²) in [4.78, 5) is 0. The van der Waals surface area contributed by atoms with Gasteiger partial charge in [0.2, 0.25) is 11.6 Å². The third-order valence-corrected chi connectivity index (χ3v) is 8.13. The number of fused-ring (bicyclic) bond motifs is 3. The van der Waals surface area contributed by atoms with Crippen LogP contribution in [0, 0.1) is 81.9 Å². The van der Waals surface area contributed by atoms with Gasteiger partial charge in [0.1, 0.15) is 11.1 Å². The van der Waals surface area contributed by atoms with E-state index in [0.717, 1.165) is 47.9 Å². The second-order valence-corrected chi connectivity index (χ2v) is 11.1. The minimum atomic E-state index is -2.29. The van der Waals surface area contributed by atoms with Gasteiger partial charge in [0.05, 0.1) is 0 Å². The van der Waals surface area contributed by atoms with Crippen LogP contribution in [0.2, 0.25) is 0 Å². The van der Waals surface area contributed by atoms with Crippen LogP contribution < -0.4 is 0 Å². The number of benzene rings is 4. The van der Waals surface area contributed by atoms with Crippen molar-refractivity contribution >= 4 is 0 Å². The first-order valence-electron chi connectivity index (χ1n) is 14.2. The normalized spacial score (nSPS) is 12.6. The summed E-state index contributed by atoms with van der Waals surface area (Å²) in [7, 11) is 0. The van der Waals surface area contributed by atoms with E-state index in [-0.39, 0.29) is 11.1 Å². The predicted molar refractivity (Wildman–Crippen MR) is 152 cm³/mol. The van der Waals surface area contributed by atoms with Crippen LogP contribution in [0.1, 0.15) is 79.3 Å². The Morgan fingerprint density at radius 1 is 0.478 bits per heavy atom. The van der Waals surface area contributed by atoms with Crippen molar-refractivity contribution in [3.8, 4) is 34.8 Å². The summed E-state index contributed by atoms with van der Waals surface area (Å²) < 4.78 is 139. The lowest BCUT2D eigenvalue weighted by Crippen LogP contribution is -2.21. The second-order valence-electron chi connectivity index (χ2n) is 11.1. The van der Waals surface area contributed by atoms with Gasteiger partial charge in [-0.3, -0.25) is 0 Å². The second kappa shape index (κ2) is 12.6. The summed E-state index contributed by atoms with van der Waals surface area (Å²) in [5, 5.41) is 0. The fraction of sp³-hybridized carbons (Fsp3) is 0.222. The van der Waals surface area contributed by atoms with Gasteiger partial charge in [0, 0.05) is 16.5 Å². The average Bonchev–Trinajstić information content (AvgIpc) is 3.29. The zero-order chi connectivity index (χ0) is 33.5. The molecule has 0 aliphatic heterocycles. The molecule has 0 N–H and O–H groups in total. The SMILES string of the molecule is CCCCCCC1(C)c2cc(C#Cc3c(F)c(F)c(F)c(F)c3F)ccc2-c2ccc(C#Cc3c(F)c(F)c(F)c(F)c3F)cc21. The van der Waals surface area contributed by atoms with Crippen LogP contribution in [0.15, 0.2) is 36.4 Å². The largest absolute Gasteiger partial charge is 0.202 e. The van der Waals surface area contributed by atoms with Crippen LogP contribution in [0.5, 0.6) is 0 Å². The van der Waals surface area contributed by atoms with Crippen molar-refractivity contribution < 1.29 is 43.9 Å². The summed E-state index contributed by atoms with van der Waals surface area (Å²) >= 11 is 0. The maximum Gasteiger partial charge on any atom is 0.200 e. The maximum absolute atomic E-state index is 14.2. The van der Waals surface area contributed by atoms with E-state index < -0.39 is 74.7 Å². The van der Waals surface area contributed by atoms with E-state index in [0.29, 0.717) is 6.42 Å². The average molecular weight is 645 g/mol. The number of rotatable bonds is 5. The summed E-state index contributed by atoms with van der Waals surface area (Å²) in [6, 6.07) is 9.79. The van der Waals surface area contributed by atoms with E-state index in [9.17, 15) is 43.9 Å². The van der Waals surface area contributed by atoms with Crippen LogP contribution in [-0.2, 0) is 5.41 Å². The van der Waals surface area contributed by atoms with Crippen LogP contribution in [0.25, 0.3) is 11.1 Å². The first-order valence-corrected chi connectivity index (χ1v) is 14.2. The summed E-state index contributed by atoms with van der Waals surface area (Å²) in [6.07, 6.45) is 4.23. The molecule has 0 nitrogen and oxygen atoms in total. The summed E-state index contributed by atoms with van der Waals surface area (Å²) in [5.41, 5.74) is 0.301. The molecule has 0 amide bonds. The monoisotopic (exact) mass is 644 g/mol. The maximum atomic E-state index is 14.2. The number of hydrogen-bond donors (Lipinski definition) is 0. The van der Waals surface area contributed by atoms with E-state index >= 15 is 0 Å². The van der Waals surface area contributed by atoms with Crippen LogP contribution >= 0.6 is 0 Å². The Morgan fingerprint density at radius 3 is 1.22 bits per heavy atom. The van der Waals surface area contributed by atoms with Crippen molar-refractivity contribution in [1.82, 2.24) is 0 Å². The topological polar surface area (TPSA) is 0 Å². The highest BCUT2D eigenvalue weighted by Crippen LogP contribution is 2.52. The van der Waals surface area contributed by atoms with E-state index in [2.05, 4.69) is 23.7 Å². The van der Waals surface area contributed by atoms with E-state index in [1.54, 1.807) is 24.3 Å². The Morgan fingerprint density at radius 2 is 0.848 bits per heavy atom. The first kappa shape index (κ1) is 32.7. The van der Waals surface area contributed by atoms with Gasteiger partial charge in [-0.2, -0.15) is 0 Å². The van der Waals surface area contributed by atoms with E-state index in [4.69, 9.17) is 0 Å². The lowest BCUT2D eigenvalue weighted by molar-refractivity contribution is 0.376. The Hall–Kier alpha value is -4.70. The zero-order valence-corrected chi connectivity index (χ0v) is 24.3. The molecule has 46 heavy (non-hydrogen) atoms. The van der Waals surface area contributed by atoms with Gasteiger partial charge in [-0.25, -0.2) is 43.9 Å². The van der Waals surface area contributed by atoms with Gasteiger partial charge in [0.25, 0.3) is 0 Å². The molecule has 0 aromatic heterocycles. The number of halogens is 10. The van der Waals surface area contributed by atoms with Gasteiger partial charge >= 0.3 is 0 Å². The lowest BCUT2D eigenvalue weighted by atomic mass is 9.75. The molecule has 0 fully saturated rings. The molecule has 0 spiro atoms. The molecule has 10 heteroatoms. The molecular weight excluding hydrogens is 622 g/mol. The number of unbranched alkanes of at least 4 members (excludes halogenated alkanes) is 3. The van der Waals surface area contributed by atoms with E-state index in [1.807, 2.05) is 13.8 Å². The van der Waals surface area contributed by atoms with Gasteiger partial charge in [-0.15, -0.1) is 0 Å². The fourth-order valence-electron chi connectivity index (χ4n) is 5.65. The Bertz CT molecular complexity index is 1830. The van der Waals surface area contributed by atoms with Crippen LogP contribution in [0.3, 0.4) is 0 Å². The van der Waals surface area contributed by atoms with E-state index in [1.165, 1.54) is 12.1 Å². The quantitative estimate of drug-likeness (QED) is 0.0667. The third kappa shape index (κ3) is 5.51. The lowest BCUT2D eigenvalue weighted by Gasteiger charge is -2.28. The number of hydrogen-bond acceptors (Lipinski definition) is 0. The molecule has 236 valence electrons. The molecule has 1 aliphatic rings. The van der Waals surface area contributed by atoms with Crippen molar-refractivity contribution in [2.45, 2.75) is 51.4 Å². The van der Waals surface area contributed by atoms with Crippen molar-refractivity contribution in [1.29, 1.82) is 0 Å². The minimum Gasteiger partial charge on any atom is -0.202 e. The van der Waals surface area contributed by atoms with Crippen molar-refractivity contribution in [3.63, 3.8) is 0 Å². The molecule has 0 radical (unpaired) electrons. The molecule has 4 aromatic rings. The van der Waals surface area contributed by atoms with Crippen molar-refractivity contribution in [2.24, 2.45) is 0 Å². The molecule has 0 atom stereocenters. The predicted octanol–water partition coefficient (Wildman–Crippen LogP) is 10.1. The molecule has 5 rings (SSSR count).